The topological polar surface area (TPSA) is 26.0 Å². The Labute approximate surface area is 130 Å². The minimum absolute atomic E-state index is 0.599. The fourth-order valence-corrected chi connectivity index (χ4v) is 3.35. The fourth-order valence-electron chi connectivity index (χ4n) is 3.35. The molecule has 2 aromatic rings. The first-order valence-corrected chi connectivity index (χ1v) is 7.93. The molecule has 0 heterocycles. The molecule has 22 heavy (non-hydrogen) atoms. The first-order valence-electron chi connectivity index (χ1n) is 7.93. The highest BCUT2D eigenvalue weighted by Gasteiger charge is 2.21. The lowest BCUT2D eigenvalue weighted by Crippen LogP contribution is -2.20. The Bertz CT molecular complexity index is 628. The summed E-state index contributed by atoms with van der Waals surface area (Å²) in [4.78, 5) is 0. The third-order valence-corrected chi connectivity index (χ3v) is 4.82. The Kier molecular flexibility index (Phi) is 4.53. The van der Waals surface area contributed by atoms with Crippen LogP contribution in [0.1, 0.15) is 37.2 Å². The van der Waals surface area contributed by atoms with Crippen molar-refractivity contribution >= 4 is 0 Å². The summed E-state index contributed by atoms with van der Waals surface area (Å²) in [5.41, 5.74) is 8.69. The van der Waals surface area contributed by atoms with E-state index in [9.17, 15) is 8.78 Å². The molecule has 1 aliphatic rings. The minimum Gasteiger partial charge on any atom is -0.330 e. The highest BCUT2D eigenvalue weighted by molar-refractivity contribution is 5.63. The molecule has 1 aliphatic carbocycles. The third-order valence-electron chi connectivity index (χ3n) is 4.82. The molecule has 0 aromatic heterocycles. The van der Waals surface area contributed by atoms with Crippen molar-refractivity contribution in [3.05, 3.63) is 59.7 Å². The summed E-state index contributed by atoms with van der Waals surface area (Å²) >= 11 is 0. The maximum Gasteiger partial charge on any atom is 0.159 e. The first-order chi connectivity index (χ1) is 10.7. The van der Waals surface area contributed by atoms with Crippen LogP contribution in [0.25, 0.3) is 11.1 Å². The van der Waals surface area contributed by atoms with Crippen LogP contribution in [0.4, 0.5) is 8.78 Å². The van der Waals surface area contributed by atoms with E-state index in [1.54, 1.807) is 6.07 Å². The van der Waals surface area contributed by atoms with E-state index in [0.29, 0.717) is 17.4 Å². The zero-order chi connectivity index (χ0) is 15.5. The first kappa shape index (κ1) is 15.2. The molecule has 1 saturated carbocycles. The molecular formula is C19H21F2N. The second kappa shape index (κ2) is 6.57. The molecule has 2 N–H and O–H groups in total. The number of hydrogen-bond donors (Lipinski definition) is 1. The lowest BCUT2D eigenvalue weighted by Gasteiger charge is -2.28. The zero-order valence-corrected chi connectivity index (χ0v) is 12.6. The van der Waals surface area contributed by atoms with Crippen molar-refractivity contribution < 1.29 is 8.78 Å². The molecule has 0 radical (unpaired) electrons. The van der Waals surface area contributed by atoms with Crippen LogP contribution in [-0.4, -0.2) is 6.54 Å². The molecule has 0 spiro atoms. The van der Waals surface area contributed by atoms with Gasteiger partial charge in [-0.15, -0.1) is 0 Å². The molecule has 1 nitrogen and oxygen atoms in total. The van der Waals surface area contributed by atoms with Crippen molar-refractivity contribution in [1.82, 2.24) is 0 Å². The second-order valence-electron chi connectivity index (χ2n) is 6.20. The van der Waals surface area contributed by atoms with Gasteiger partial charge in [0.15, 0.2) is 11.6 Å². The van der Waals surface area contributed by atoms with E-state index in [1.807, 2.05) is 12.1 Å². The van der Waals surface area contributed by atoms with Gasteiger partial charge in [0.25, 0.3) is 0 Å². The average Bonchev–Trinajstić information content (AvgIpc) is 2.58. The van der Waals surface area contributed by atoms with E-state index in [1.165, 1.54) is 43.4 Å². The molecule has 0 bridgehead atoms. The SMILES string of the molecule is NCC1CCC(c2ccc(-c3ccc(F)c(F)c3)cc2)CC1. The summed E-state index contributed by atoms with van der Waals surface area (Å²) in [5.74, 6) is -0.335. The van der Waals surface area contributed by atoms with Gasteiger partial charge >= 0.3 is 0 Å². The number of halogens is 2. The quantitative estimate of drug-likeness (QED) is 0.860. The Morgan fingerprint density at radius 3 is 2.05 bits per heavy atom. The number of nitrogens with two attached hydrogens (primary N) is 1. The predicted octanol–water partition coefficient (Wildman–Crippen LogP) is 4.86. The van der Waals surface area contributed by atoms with Gasteiger partial charge in [-0.3, -0.25) is 0 Å². The monoisotopic (exact) mass is 301 g/mol. The number of hydrogen-bond acceptors (Lipinski definition) is 1. The largest absolute Gasteiger partial charge is 0.330 e. The summed E-state index contributed by atoms with van der Waals surface area (Å²) in [6, 6.07) is 12.3. The molecule has 0 aliphatic heterocycles. The molecule has 1 fully saturated rings. The van der Waals surface area contributed by atoms with E-state index in [0.717, 1.165) is 12.1 Å². The minimum atomic E-state index is -0.808. The van der Waals surface area contributed by atoms with E-state index in [2.05, 4.69) is 12.1 Å². The van der Waals surface area contributed by atoms with E-state index in [4.69, 9.17) is 5.73 Å². The lowest BCUT2D eigenvalue weighted by molar-refractivity contribution is 0.333. The zero-order valence-electron chi connectivity index (χ0n) is 12.6. The van der Waals surface area contributed by atoms with Crippen LogP contribution in [0, 0.1) is 17.6 Å². The van der Waals surface area contributed by atoms with Crippen molar-refractivity contribution in [2.75, 3.05) is 6.54 Å². The number of benzene rings is 2. The Morgan fingerprint density at radius 2 is 1.45 bits per heavy atom. The molecule has 0 unspecified atom stereocenters. The van der Waals surface area contributed by atoms with Crippen molar-refractivity contribution in [3.8, 4) is 11.1 Å². The van der Waals surface area contributed by atoms with Crippen LogP contribution in [-0.2, 0) is 0 Å². The van der Waals surface area contributed by atoms with Crippen molar-refractivity contribution in [1.29, 1.82) is 0 Å². The molecule has 3 rings (SSSR count). The lowest BCUT2D eigenvalue weighted by atomic mass is 9.78. The van der Waals surface area contributed by atoms with Crippen LogP contribution in [0.15, 0.2) is 42.5 Å². The predicted molar refractivity (Wildman–Crippen MR) is 85.5 cm³/mol. The molecule has 3 heteroatoms. The third kappa shape index (κ3) is 3.20. The number of rotatable bonds is 3. The molecule has 116 valence electrons. The van der Waals surface area contributed by atoms with Gasteiger partial charge in [-0.25, -0.2) is 8.78 Å². The molecular weight excluding hydrogens is 280 g/mol. The van der Waals surface area contributed by atoms with Gasteiger partial charge in [0, 0.05) is 0 Å². The molecule has 0 amide bonds. The second-order valence-corrected chi connectivity index (χ2v) is 6.20. The summed E-state index contributed by atoms with van der Waals surface area (Å²) in [5, 5.41) is 0. The van der Waals surface area contributed by atoms with Crippen LogP contribution in [0.3, 0.4) is 0 Å². The van der Waals surface area contributed by atoms with Gasteiger partial charge in [0.1, 0.15) is 0 Å². The van der Waals surface area contributed by atoms with Crippen LogP contribution >= 0.6 is 0 Å². The average molecular weight is 301 g/mol. The smallest absolute Gasteiger partial charge is 0.159 e. The Morgan fingerprint density at radius 1 is 0.818 bits per heavy atom. The van der Waals surface area contributed by atoms with Crippen LogP contribution in [0.5, 0.6) is 0 Å². The maximum absolute atomic E-state index is 13.3. The summed E-state index contributed by atoms with van der Waals surface area (Å²) in [6.45, 7) is 0.793. The van der Waals surface area contributed by atoms with E-state index < -0.39 is 11.6 Å². The van der Waals surface area contributed by atoms with Gasteiger partial charge in [-0.1, -0.05) is 30.3 Å². The highest BCUT2D eigenvalue weighted by Crippen LogP contribution is 2.36. The van der Waals surface area contributed by atoms with E-state index in [-0.39, 0.29) is 0 Å². The van der Waals surface area contributed by atoms with Crippen molar-refractivity contribution in [3.63, 3.8) is 0 Å². The van der Waals surface area contributed by atoms with Gasteiger partial charge in [0.2, 0.25) is 0 Å². The van der Waals surface area contributed by atoms with Gasteiger partial charge < -0.3 is 5.73 Å². The summed E-state index contributed by atoms with van der Waals surface area (Å²) in [6.07, 6.45) is 4.77. The van der Waals surface area contributed by atoms with Crippen LogP contribution in [0.2, 0.25) is 0 Å². The molecule has 2 aromatic carbocycles. The Balaban J connectivity index is 1.74. The maximum atomic E-state index is 13.3. The van der Waals surface area contributed by atoms with Crippen molar-refractivity contribution in [2.24, 2.45) is 11.7 Å². The van der Waals surface area contributed by atoms with Gasteiger partial charge in [-0.2, -0.15) is 0 Å². The van der Waals surface area contributed by atoms with Gasteiger partial charge in [0.05, 0.1) is 0 Å². The normalized spacial score (nSPS) is 21.8. The van der Waals surface area contributed by atoms with E-state index >= 15 is 0 Å². The molecule has 0 saturated heterocycles. The van der Waals surface area contributed by atoms with Crippen molar-refractivity contribution in [2.45, 2.75) is 31.6 Å². The highest BCUT2D eigenvalue weighted by atomic mass is 19.2. The summed E-state index contributed by atoms with van der Waals surface area (Å²) < 4.78 is 26.3. The molecule has 0 atom stereocenters. The fraction of sp³-hybridized carbons (Fsp3) is 0.368. The summed E-state index contributed by atoms with van der Waals surface area (Å²) in [7, 11) is 0. The van der Waals surface area contributed by atoms with Gasteiger partial charge in [-0.05, 0) is 72.9 Å². The Hall–Kier alpha value is -1.74. The standard InChI is InChI=1S/C19H21F2N/c20-18-10-9-17(11-19(18)21)16-7-5-15(6-8-16)14-3-1-13(12-22)2-4-14/h5-11,13-14H,1-4,12,22H2. The van der Waals surface area contributed by atoms with Crippen LogP contribution < -0.4 is 5.73 Å².